The minimum Gasteiger partial charge on any atom is -0.381 e. The molecule has 0 bridgehead atoms. The maximum Gasteiger partial charge on any atom is 0.131 e. The molecule has 94 valence electrons. The van der Waals surface area contributed by atoms with Crippen LogP contribution in [0.1, 0.15) is 18.7 Å². The molecule has 2 rings (SSSR count). The average Bonchev–Trinajstić information content (AvgIpc) is 2.81. The van der Waals surface area contributed by atoms with Crippen LogP contribution in [0.15, 0.2) is 6.07 Å². The van der Waals surface area contributed by atoms with Gasteiger partial charge in [-0.25, -0.2) is 9.97 Å². The molecule has 5 nitrogen and oxygen atoms in total. The molecule has 1 aliphatic rings. The number of ether oxygens (including phenoxy) is 1. The predicted molar refractivity (Wildman–Crippen MR) is 68.3 cm³/mol. The summed E-state index contributed by atoms with van der Waals surface area (Å²) < 4.78 is 5.35. The second-order valence-corrected chi connectivity index (χ2v) is 4.38. The molecule has 1 atom stereocenters. The lowest BCUT2D eigenvalue weighted by molar-refractivity contribution is 0.185. The molecule has 1 aliphatic heterocycles. The molecule has 0 saturated carbocycles. The molecule has 5 heteroatoms. The van der Waals surface area contributed by atoms with Gasteiger partial charge in [0.15, 0.2) is 0 Å². The van der Waals surface area contributed by atoms with Crippen LogP contribution in [0.2, 0.25) is 0 Å². The van der Waals surface area contributed by atoms with Gasteiger partial charge < -0.3 is 15.4 Å². The first-order valence-electron chi connectivity index (χ1n) is 6.13. The zero-order valence-electron chi connectivity index (χ0n) is 10.5. The summed E-state index contributed by atoms with van der Waals surface area (Å²) in [6.45, 7) is 4.66. The first-order valence-corrected chi connectivity index (χ1v) is 6.13. The van der Waals surface area contributed by atoms with Crippen molar-refractivity contribution in [2.24, 2.45) is 5.92 Å². The minimum atomic E-state index is 0.703. The van der Waals surface area contributed by atoms with Gasteiger partial charge in [-0.2, -0.15) is 0 Å². The van der Waals surface area contributed by atoms with Crippen molar-refractivity contribution in [3.8, 4) is 0 Å². The van der Waals surface area contributed by atoms with Gasteiger partial charge in [0.2, 0.25) is 0 Å². The quantitative estimate of drug-likeness (QED) is 0.814. The van der Waals surface area contributed by atoms with Gasteiger partial charge in [-0.1, -0.05) is 0 Å². The number of rotatable bonds is 5. The second-order valence-electron chi connectivity index (χ2n) is 4.38. The lowest BCUT2D eigenvalue weighted by atomic mass is 10.1. The number of nitrogens with one attached hydrogen (secondary N) is 2. The molecule has 0 aliphatic carbocycles. The van der Waals surface area contributed by atoms with Crippen LogP contribution in [0.25, 0.3) is 0 Å². The third-order valence-electron chi connectivity index (χ3n) is 2.98. The molecule has 0 amide bonds. The van der Waals surface area contributed by atoms with Crippen molar-refractivity contribution in [1.29, 1.82) is 0 Å². The zero-order chi connectivity index (χ0) is 12.1. The summed E-state index contributed by atoms with van der Waals surface area (Å²) in [5.41, 5.74) is 0. The molecule has 1 fully saturated rings. The Morgan fingerprint density at radius 1 is 1.41 bits per heavy atom. The van der Waals surface area contributed by atoms with E-state index in [9.17, 15) is 0 Å². The van der Waals surface area contributed by atoms with E-state index in [1.54, 1.807) is 0 Å². The van der Waals surface area contributed by atoms with Crippen LogP contribution < -0.4 is 10.6 Å². The van der Waals surface area contributed by atoms with Crippen LogP contribution in [0.4, 0.5) is 11.6 Å². The maximum absolute atomic E-state index is 5.35. The number of hydrogen-bond acceptors (Lipinski definition) is 5. The van der Waals surface area contributed by atoms with Gasteiger partial charge in [-0.3, -0.25) is 0 Å². The van der Waals surface area contributed by atoms with E-state index in [-0.39, 0.29) is 0 Å². The largest absolute Gasteiger partial charge is 0.381 e. The normalized spacial score (nSPS) is 19.3. The third-order valence-corrected chi connectivity index (χ3v) is 2.98. The Balaban J connectivity index is 1.83. The maximum atomic E-state index is 5.35. The lowest BCUT2D eigenvalue weighted by Crippen LogP contribution is -2.11. The van der Waals surface area contributed by atoms with Gasteiger partial charge in [-0.15, -0.1) is 0 Å². The van der Waals surface area contributed by atoms with E-state index >= 15 is 0 Å². The monoisotopic (exact) mass is 236 g/mol. The van der Waals surface area contributed by atoms with Crippen LogP contribution >= 0.6 is 0 Å². The Morgan fingerprint density at radius 2 is 2.24 bits per heavy atom. The highest BCUT2D eigenvalue weighted by molar-refractivity contribution is 5.46. The van der Waals surface area contributed by atoms with Gasteiger partial charge in [0.05, 0.1) is 0 Å². The summed E-state index contributed by atoms with van der Waals surface area (Å²) in [5.74, 6) is 3.22. The van der Waals surface area contributed by atoms with Crippen molar-refractivity contribution < 1.29 is 4.74 Å². The average molecular weight is 236 g/mol. The molecular formula is C12H20N4O. The van der Waals surface area contributed by atoms with Crippen LogP contribution in [-0.4, -0.2) is 36.8 Å². The summed E-state index contributed by atoms with van der Waals surface area (Å²) in [7, 11) is 1.86. The molecule has 0 aromatic carbocycles. The topological polar surface area (TPSA) is 59.1 Å². The summed E-state index contributed by atoms with van der Waals surface area (Å²) >= 11 is 0. The van der Waals surface area contributed by atoms with Crippen LogP contribution in [0.5, 0.6) is 0 Å². The fraction of sp³-hybridized carbons (Fsp3) is 0.667. The Hall–Kier alpha value is -1.36. The van der Waals surface area contributed by atoms with Crippen molar-refractivity contribution in [2.45, 2.75) is 19.8 Å². The van der Waals surface area contributed by atoms with Crippen LogP contribution in [0.3, 0.4) is 0 Å². The number of nitrogens with zero attached hydrogens (tertiary/aromatic N) is 2. The van der Waals surface area contributed by atoms with Gasteiger partial charge in [0.25, 0.3) is 0 Å². The molecule has 1 unspecified atom stereocenters. The Morgan fingerprint density at radius 3 is 2.94 bits per heavy atom. The number of aromatic nitrogens is 2. The lowest BCUT2D eigenvalue weighted by Gasteiger charge is -2.10. The first-order chi connectivity index (χ1) is 8.28. The summed E-state index contributed by atoms with van der Waals surface area (Å²) in [4.78, 5) is 8.61. The van der Waals surface area contributed by atoms with Crippen LogP contribution in [0, 0.1) is 12.8 Å². The van der Waals surface area contributed by atoms with E-state index in [0.717, 1.165) is 43.6 Å². The van der Waals surface area contributed by atoms with Crippen molar-refractivity contribution in [3.63, 3.8) is 0 Å². The smallest absolute Gasteiger partial charge is 0.131 e. The summed E-state index contributed by atoms with van der Waals surface area (Å²) in [6, 6.07) is 1.93. The highest BCUT2D eigenvalue weighted by atomic mass is 16.5. The summed E-state index contributed by atoms with van der Waals surface area (Å²) in [5, 5.41) is 6.37. The fourth-order valence-electron chi connectivity index (χ4n) is 2.00. The molecule has 17 heavy (non-hydrogen) atoms. The molecule has 1 saturated heterocycles. The van der Waals surface area contributed by atoms with Gasteiger partial charge >= 0.3 is 0 Å². The highest BCUT2D eigenvalue weighted by Gasteiger charge is 2.14. The number of anilines is 2. The van der Waals surface area contributed by atoms with Gasteiger partial charge in [0, 0.05) is 32.9 Å². The van der Waals surface area contributed by atoms with E-state index in [4.69, 9.17) is 4.74 Å². The molecule has 1 aromatic heterocycles. The molecule has 0 radical (unpaired) electrons. The van der Waals surface area contributed by atoms with E-state index in [1.807, 2.05) is 20.0 Å². The Kier molecular flexibility index (Phi) is 4.14. The third kappa shape index (κ3) is 3.56. The molecule has 2 heterocycles. The standard InChI is InChI=1S/C12H20N4O/c1-9-15-11(13-2)7-12(16-9)14-5-3-10-4-6-17-8-10/h7,10H,3-6,8H2,1-2H3,(H2,13,14,15,16). The SMILES string of the molecule is CNc1cc(NCCC2CCOC2)nc(C)n1. The van der Waals surface area contributed by atoms with Crippen molar-refractivity contribution in [2.75, 3.05) is 37.4 Å². The number of hydrogen-bond donors (Lipinski definition) is 2. The molecule has 1 aromatic rings. The zero-order valence-corrected chi connectivity index (χ0v) is 10.5. The second kappa shape index (κ2) is 5.82. The van der Waals surface area contributed by atoms with E-state index < -0.39 is 0 Å². The molecule has 2 N–H and O–H groups in total. The van der Waals surface area contributed by atoms with E-state index in [2.05, 4.69) is 20.6 Å². The van der Waals surface area contributed by atoms with Crippen molar-refractivity contribution >= 4 is 11.6 Å². The number of aryl methyl sites for hydroxylation is 1. The Labute approximate surface area is 102 Å². The van der Waals surface area contributed by atoms with Crippen molar-refractivity contribution in [1.82, 2.24) is 9.97 Å². The van der Waals surface area contributed by atoms with Crippen molar-refractivity contribution in [3.05, 3.63) is 11.9 Å². The van der Waals surface area contributed by atoms with E-state index in [0.29, 0.717) is 5.92 Å². The minimum absolute atomic E-state index is 0.703. The summed E-state index contributed by atoms with van der Waals surface area (Å²) in [6.07, 6.45) is 2.32. The fourth-order valence-corrected chi connectivity index (χ4v) is 2.00. The van der Waals surface area contributed by atoms with E-state index in [1.165, 1.54) is 6.42 Å². The molecular weight excluding hydrogens is 216 g/mol. The van der Waals surface area contributed by atoms with Gasteiger partial charge in [0.1, 0.15) is 17.5 Å². The first kappa shape index (κ1) is 12.1. The van der Waals surface area contributed by atoms with Gasteiger partial charge in [-0.05, 0) is 25.7 Å². The van der Waals surface area contributed by atoms with Crippen LogP contribution in [-0.2, 0) is 4.74 Å². The highest BCUT2D eigenvalue weighted by Crippen LogP contribution is 2.16. The predicted octanol–water partition coefficient (Wildman–Crippen LogP) is 1.67. The molecule has 0 spiro atoms. The Bertz CT molecular complexity index is 364.